The maximum Gasteiger partial charge on any atom is 0.324 e. The lowest BCUT2D eigenvalue weighted by molar-refractivity contribution is -0.125. The first-order valence-corrected chi connectivity index (χ1v) is 7.02. The number of hydrogen-bond acceptors (Lipinski definition) is 4. The van der Waals surface area contributed by atoms with Crippen LogP contribution >= 0.6 is 0 Å². The van der Waals surface area contributed by atoms with E-state index in [1.54, 1.807) is 48.8 Å². The number of amides is 4. The maximum atomic E-state index is 12.1. The van der Waals surface area contributed by atoms with Crippen LogP contribution in [0, 0.1) is 0 Å². The van der Waals surface area contributed by atoms with Gasteiger partial charge < -0.3 is 10.6 Å². The first kappa shape index (κ1) is 14.7. The van der Waals surface area contributed by atoms with Gasteiger partial charge in [0, 0.05) is 11.8 Å². The molecule has 0 spiro atoms. The second-order valence-electron chi connectivity index (χ2n) is 5.03. The van der Waals surface area contributed by atoms with Crippen molar-refractivity contribution in [3.05, 3.63) is 59.9 Å². The Balaban J connectivity index is 1.66. The Kier molecular flexibility index (Phi) is 4.01. The molecule has 4 amide bonds. The zero-order valence-electron chi connectivity index (χ0n) is 12.2. The van der Waals surface area contributed by atoms with Crippen molar-refractivity contribution in [1.82, 2.24) is 15.2 Å². The highest BCUT2D eigenvalue weighted by molar-refractivity contribution is 6.04. The van der Waals surface area contributed by atoms with Crippen molar-refractivity contribution in [3.63, 3.8) is 0 Å². The molecule has 2 heterocycles. The van der Waals surface area contributed by atoms with E-state index in [1.165, 1.54) is 0 Å². The van der Waals surface area contributed by atoms with Gasteiger partial charge in [-0.1, -0.05) is 12.1 Å². The van der Waals surface area contributed by atoms with E-state index in [1.807, 2.05) is 0 Å². The average Bonchev–Trinajstić information content (AvgIpc) is 2.88. The van der Waals surface area contributed by atoms with Gasteiger partial charge in [-0.05, 0) is 29.8 Å². The van der Waals surface area contributed by atoms with Crippen LogP contribution in [-0.2, 0) is 11.3 Å². The van der Waals surface area contributed by atoms with Crippen LogP contribution in [0.1, 0.15) is 15.9 Å². The molecule has 1 aromatic carbocycles. The van der Waals surface area contributed by atoms with Crippen LogP contribution in [0.5, 0.6) is 0 Å². The third kappa shape index (κ3) is 3.34. The Morgan fingerprint density at radius 1 is 1.22 bits per heavy atom. The molecule has 0 atom stereocenters. The number of nitrogens with zero attached hydrogens (tertiary/aromatic N) is 2. The van der Waals surface area contributed by atoms with Gasteiger partial charge in [-0.15, -0.1) is 0 Å². The van der Waals surface area contributed by atoms with Crippen LogP contribution < -0.4 is 10.6 Å². The van der Waals surface area contributed by atoms with E-state index in [2.05, 4.69) is 15.6 Å². The molecular weight excluding hydrogens is 296 g/mol. The standard InChI is InChI=1S/C16H14N4O3/c21-14-9-18-16(23)20(14)10-11-3-5-12(6-4-11)15(22)19-13-2-1-7-17-8-13/h1-8H,9-10H2,(H,18,23)(H,19,22). The maximum absolute atomic E-state index is 12.1. The summed E-state index contributed by atoms with van der Waals surface area (Å²) in [6.45, 7) is 0.222. The number of benzene rings is 1. The summed E-state index contributed by atoms with van der Waals surface area (Å²) in [5, 5.41) is 5.20. The number of carbonyl (C=O) groups is 3. The number of hydrogen-bond donors (Lipinski definition) is 2. The molecule has 0 aliphatic carbocycles. The van der Waals surface area contributed by atoms with E-state index >= 15 is 0 Å². The Bertz CT molecular complexity index is 728. The quantitative estimate of drug-likeness (QED) is 0.835. The Hall–Kier alpha value is -3.22. The Morgan fingerprint density at radius 3 is 2.61 bits per heavy atom. The van der Waals surface area contributed by atoms with Crippen LogP contribution in [0.15, 0.2) is 48.8 Å². The van der Waals surface area contributed by atoms with Gasteiger partial charge in [0.05, 0.1) is 25.0 Å². The monoisotopic (exact) mass is 310 g/mol. The number of anilines is 1. The molecule has 1 aliphatic rings. The Morgan fingerprint density at radius 2 is 2.00 bits per heavy atom. The third-order valence-electron chi connectivity index (χ3n) is 3.41. The zero-order chi connectivity index (χ0) is 16.2. The number of aromatic nitrogens is 1. The van der Waals surface area contributed by atoms with Crippen LogP contribution in [0.2, 0.25) is 0 Å². The van der Waals surface area contributed by atoms with Gasteiger partial charge in [-0.2, -0.15) is 0 Å². The summed E-state index contributed by atoms with van der Waals surface area (Å²) in [6.07, 6.45) is 3.18. The fraction of sp³-hybridized carbons (Fsp3) is 0.125. The fourth-order valence-electron chi connectivity index (χ4n) is 2.20. The highest BCUT2D eigenvalue weighted by atomic mass is 16.2. The van der Waals surface area contributed by atoms with Crippen molar-refractivity contribution in [2.75, 3.05) is 11.9 Å². The average molecular weight is 310 g/mol. The van der Waals surface area contributed by atoms with E-state index < -0.39 is 6.03 Å². The van der Waals surface area contributed by atoms with Crippen LogP contribution in [-0.4, -0.2) is 34.3 Å². The van der Waals surface area contributed by atoms with Crippen molar-refractivity contribution in [3.8, 4) is 0 Å². The van der Waals surface area contributed by atoms with E-state index in [-0.39, 0.29) is 24.9 Å². The molecule has 0 unspecified atom stereocenters. The van der Waals surface area contributed by atoms with Gasteiger partial charge in [0.2, 0.25) is 5.91 Å². The third-order valence-corrected chi connectivity index (χ3v) is 3.41. The molecule has 0 saturated carbocycles. The molecule has 1 fully saturated rings. The van der Waals surface area contributed by atoms with E-state index in [0.717, 1.165) is 10.5 Å². The lowest BCUT2D eigenvalue weighted by Crippen LogP contribution is -2.30. The van der Waals surface area contributed by atoms with Gasteiger partial charge in [0.15, 0.2) is 0 Å². The normalized spacial score (nSPS) is 13.8. The zero-order valence-corrected chi connectivity index (χ0v) is 12.2. The molecule has 7 nitrogen and oxygen atoms in total. The van der Waals surface area contributed by atoms with Crippen LogP contribution in [0.25, 0.3) is 0 Å². The van der Waals surface area contributed by atoms with Gasteiger partial charge in [-0.3, -0.25) is 19.5 Å². The smallest absolute Gasteiger partial charge is 0.324 e. The predicted octanol–water partition coefficient (Wildman–Crippen LogP) is 1.39. The number of rotatable bonds is 4. The molecular formula is C16H14N4O3. The SMILES string of the molecule is O=C(Nc1cccnc1)c1ccc(CN2C(=O)CNC2=O)cc1. The van der Waals surface area contributed by atoms with E-state index in [9.17, 15) is 14.4 Å². The van der Waals surface area contributed by atoms with Crippen LogP contribution in [0.4, 0.5) is 10.5 Å². The highest BCUT2D eigenvalue weighted by Crippen LogP contribution is 2.12. The topological polar surface area (TPSA) is 91.4 Å². The number of urea groups is 1. The summed E-state index contributed by atoms with van der Waals surface area (Å²) in [5.74, 6) is -0.507. The molecule has 2 N–H and O–H groups in total. The minimum atomic E-state index is -0.395. The van der Waals surface area contributed by atoms with Crippen molar-refractivity contribution < 1.29 is 14.4 Å². The van der Waals surface area contributed by atoms with Crippen molar-refractivity contribution in [1.29, 1.82) is 0 Å². The number of pyridine rings is 1. The fourth-order valence-corrected chi connectivity index (χ4v) is 2.20. The van der Waals surface area contributed by atoms with Gasteiger partial charge in [0.1, 0.15) is 0 Å². The molecule has 116 valence electrons. The summed E-state index contributed by atoms with van der Waals surface area (Å²) in [4.78, 5) is 40.2. The summed E-state index contributed by atoms with van der Waals surface area (Å²) < 4.78 is 0. The number of imide groups is 1. The minimum absolute atomic E-state index is 0.0322. The summed E-state index contributed by atoms with van der Waals surface area (Å²) in [7, 11) is 0. The summed E-state index contributed by atoms with van der Waals surface area (Å²) in [5.41, 5.74) is 1.86. The Labute approximate surface area is 132 Å². The summed E-state index contributed by atoms with van der Waals surface area (Å²) >= 11 is 0. The van der Waals surface area contributed by atoms with Crippen LogP contribution in [0.3, 0.4) is 0 Å². The molecule has 23 heavy (non-hydrogen) atoms. The summed E-state index contributed by atoms with van der Waals surface area (Å²) in [6, 6.07) is 9.83. The lowest BCUT2D eigenvalue weighted by atomic mass is 10.1. The molecule has 2 aromatic rings. The van der Waals surface area contributed by atoms with E-state index in [0.29, 0.717) is 11.3 Å². The van der Waals surface area contributed by atoms with Gasteiger partial charge >= 0.3 is 6.03 Å². The second-order valence-corrected chi connectivity index (χ2v) is 5.03. The number of carbonyl (C=O) groups excluding carboxylic acids is 3. The van der Waals surface area contributed by atoms with E-state index in [4.69, 9.17) is 0 Å². The molecule has 1 aliphatic heterocycles. The second kappa shape index (κ2) is 6.27. The minimum Gasteiger partial charge on any atom is -0.329 e. The molecule has 1 saturated heterocycles. The van der Waals surface area contributed by atoms with Crippen molar-refractivity contribution >= 4 is 23.5 Å². The molecule has 0 radical (unpaired) electrons. The molecule has 3 rings (SSSR count). The van der Waals surface area contributed by atoms with Crippen molar-refractivity contribution in [2.24, 2.45) is 0 Å². The van der Waals surface area contributed by atoms with Crippen molar-refractivity contribution in [2.45, 2.75) is 6.54 Å². The predicted molar refractivity (Wildman–Crippen MR) is 82.6 cm³/mol. The highest BCUT2D eigenvalue weighted by Gasteiger charge is 2.28. The molecule has 0 bridgehead atoms. The first-order chi connectivity index (χ1) is 11.1. The number of nitrogens with one attached hydrogen (secondary N) is 2. The first-order valence-electron chi connectivity index (χ1n) is 7.02. The largest absolute Gasteiger partial charge is 0.329 e. The van der Waals surface area contributed by atoms with Gasteiger partial charge in [-0.25, -0.2) is 4.79 Å². The molecule has 7 heteroatoms. The van der Waals surface area contributed by atoms with Gasteiger partial charge in [0.25, 0.3) is 5.91 Å². The lowest BCUT2D eigenvalue weighted by Gasteiger charge is -2.12. The molecule has 1 aromatic heterocycles.